The summed E-state index contributed by atoms with van der Waals surface area (Å²) < 4.78 is 0. The van der Waals surface area contributed by atoms with E-state index in [1.54, 1.807) is 0 Å². The summed E-state index contributed by atoms with van der Waals surface area (Å²) in [5, 5.41) is 54.9. The van der Waals surface area contributed by atoms with Crippen LogP contribution in [0.5, 0.6) is 0 Å². The summed E-state index contributed by atoms with van der Waals surface area (Å²) in [4.78, 5) is 30.6. The molecule has 5 N–H and O–H groups in total. The van der Waals surface area contributed by atoms with Gasteiger partial charge in [-0.15, -0.1) is 0 Å². The van der Waals surface area contributed by atoms with Gasteiger partial charge in [-0.1, -0.05) is 359 Å². The van der Waals surface area contributed by atoms with Crippen LogP contribution in [0.3, 0.4) is 0 Å². The number of thioether (sulfide) groups is 2. The van der Waals surface area contributed by atoms with Gasteiger partial charge in [-0.3, -0.25) is 19.4 Å². The van der Waals surface area contributed by atoms with Gasteiger partial charge in [-0.2, -0.15) is 0 Å². The molecule has 11 heteroatoms. The molecule has 0 aliphatic carbocycles. The Morgan fingerprint density at radius 1 is 0.289 bits per heavy atom. The zero-order valence-corrected chi connectivity index (χ0v) is 57.4. The van der Waals surface area contributed by atoms with Crippen molar-refractivity contribution in [1.29, 1.82) is 0 Å². The van der Waals surface area contributed by atoms with Crippen LogP contribution >= 0.6 is 23.5 Å². The van der Waals surface area contributed by atoms with Gasteiger partial charge in [0.15, 0.2) is 5.12 Å². The predicted octanol–water partition coefficient (Wildman–Crippen LogP) is 19.7. The minimum atomic E-state index is -1.40. The van der Waals surface area contributed by atoms with Gasteiger partial charge in [0.1, 0.15) is 6.10 Å². The number of aliphatic hydroxyl groups excluding tert-OH is 5. The maximum absolute atomic E-state index is 13.2. The fourth-order valence-corrected chi connectivity index (χ4v) is 13.6. The van der Waals surface area contributed by atoms with Gasteiger partial charge in [0.05, 0.1) is 30.8 Å². The van der Waals surface area contributed by atoms with Crippen molar-refractivity contribution in [2.75, 3.05) is 50.8 Å². The maximum Gasteiger partial charge on any atom is 0.217 e. The molecule has 0 amide bonds. The summed E-state index contributed by atoms with van der Waals surface area (Å²) in [5.41, 5.74) is 0. The first-order chi connectivity index (χ1) is 40.6. The molecule has 0 aromatic heterocycles. The van der Waals surface area contributed by atoms with Gasteiger partial charge in [0, 0.05) is 50.8 Å². The fourth-order valence-electron chi connectivity index (χ4n) is 11.9. The molecule has 5 unspecified atom stereocenters. The zero-order valence-electron chi connectivity index (χ0n) is 55.8. The Balaban J connectivity index is 5.10. The first kappa shape index (κ1) is 82.8. The first-order valence-electron chi connectivity index (χ1n) is 36.7. The highest BCUT2D eigenvalue weighted by Gasteiger charge is 2.23. The van der Waals surface area contributed by atoms with E-state index in [4.69, 9.17) is 0 Å². The Kier molecular flexibility index (Phi) is 66.0. The summed E-state index contributed by atoms with van der Waals surface area (Å²) in [6.07, 6.45) is 60.6. The second-order valence-corrected chi connectivity index (χ2v) is 28.2. The molecule has 0 spiro atoms. The zero-order chi connectivity index (χ0) is 60.7. The van der Waals surface area contributed by atoms with E-state index < -0.39 is 35.6 Å². The Labute approximate surface area is 525 Å². The number of carbonyl (C=O) groups excluding carboxylic acids is 2. The number of aliphatic hydroxyl groups is 5. The van der Waals surface area contributed by atoms with Crippen LogP contribution in [-0.2, 0) is 9.59 Å². The first-order valence-corrected chi connectivity index (χ1v) is 38.7. The molecule has 0 saturated heterocycles. The second kappa shape index (κ2) is 66.2. The molecule has 0 aliphatic heterocycles. The Morgan fingerprint density at radius 2 is 0.482 bits per heavy atom. The molecule has 0 aliphatic rings. The monoisotopic (exact) mass is 1210 g/mol. The van der Waals surface area contributed by atoms with E-state index in [0.29, 0.717) is 50.8 Å². The van der Waals surface area contributed by atoms with Gasteiger partial charge in [0.25, 0.3) is 0 Å². The van der Waals surface area contributed by atoms with E-state index in [1.165, 1.54) is 257 Å². The largest absolute Gasteiger partial charge is 0.392 e. The fraction of sp³-hybridized carbons (Fsp3) is 0.972. The lowest BCUT2D eigenvalue weighted by molar-refractivity contribution is -0.122. The van der Waals surface area contributed by atoms with Crippen LogP contribution in [0.25, 0.3) is 0 Å². The number of hydrogen-bond donors (Lipinski definition) is 5. The lowest BCUT2D eigenvalue weighted by Gasteiger charge is -2.27. The molecule has 5 atom stereocenters. The lowest BCUT2D eigenvalue weighted by Crippen LogP contribution is -2.39. The number of unbranched alkanes of at least 4 members (excludes halogenated alkanes) is 44. The summed E-state index contributed by atoms with van der Waals surface area (Å²) in [7, 11) is 0. The van der Waals surface area contributed by atoms with Crippen molar-refractivity contribution in [1.82, 2.24) is 9.80 Å². The number of rotatable bonds is 69. The van der Waals surface area contributed by atoms with Gasteiger partial charge in [-0.25, -0.2) is 0 Å². The van der Waals surface area contributed by atoms with E-state index in [1.807, 2.05) is 0 Å². The molecule has 0 rings (SSSR count). The summed E-state index contributed by atoms with van der Waals surface area (Å²) in [5.74, 6) is 0.869. The average molecular weight is 1210 g/mol. The molecular weight excluding hydrogens is 1070 g/mol. The Hall–Kier alpha value is -0.240. The molecule has 0 aromatic rings. The molecule has 0 bridgehead atoms. The second-order valence-electron chi connectivity index (χ2n) is 26.0. The Bertz CT molecular complexity index is 1250. The van der Waals surface area contributed by atoms with Crippen LogP contribution in [0.15, 0.2) is 0 Å². The minimum absolute atomic E-state index is 0.232. The van der Waals surface area contributed by atoms with Crippen LogP contribution in [0, 0.1) is 0 Å². The SMILES string of the molecule is CCCCCCCCCCCCCCC(O)CN(CCSC(=O)CC(O)C(=O)SCCN(CC(O)CCCCCCCCCCCCCC)CC(O)CCCCCCCCCCCCCC)CC(O)CCCCCCCCCCCCCC. The van der Waals surface area contributed by atoms with E-state index in [9.17, 15) is 35.1 Å². The number of carbonyl (C=O) groups is 2. The van der Waals surface area contributed by atoms with Crippen molar-refractivity contribution in [3.63, 3.8) is 0 Å². The number of nitrogens with zero attached hydrogens (tertiary/aromatic N) is 2. The highest BCUT2D eigenvalue weighted by molar-refractivity contribution is 8.14. The van der Waals surface area contributed by atoms with Crippen LogP contribution in [-0.4, -0.2) is 127 Å². The van der Waals surface area contributed by atoms with Crippen molar-refractivity contribution in [3.05, 3.63) is 0 Å². The molecule has 0 aromatic carbocycles. The van der Waals surface area contributed by atoms with Crippen LogP contribution in [0.4, 0.5) is 0 Å². The molecule has 0 heterocycles. The summed E-state index contributed by atoms with van der Waals surface area (Å²) >= 11 is 2.16. The van der Waals surface area contributed by atoms with Crippen molar-refractivity contribution in [2.24, 2.45) is 0 Å². The van der Waals surface area contributed by atoms with Gasteiger partial charge < -0.3 is 25.5 Å². The third-order valence-electron chi connectivity index (χ3n) is 17.4. The van der Waals surface area contributed by atoms with Crippen molar-refractivity contribution >= 4 is 33.8 Å². The highest BCUT2D eigenvalue weighted by atomic mass is 32.2. The third kappa shape index (κ3) is 61.8. The quantitative estimate of drug-likeness (QED) is 0.0372. The lowest BCUT2D eigenvalue weighted by atomic mass is 10.0. The normalized spacial score (nSPS) is 13.8. The predicted molar refractivity (Wildman–Crippen MR) is 365 cm³/mol. The van der Waals surface area contributed by atoms with Crippen LogP contribution in [0.2, 0.25) is 0 Å². The van der Waals surface area contributed by atoms with Gasteiger partial charge in [0.2, 0.25) is 5.12 Å². The van der Waals surface area contributed by atoms with Crippen molar-refractivity contribution in [2.45, 2.75) is 399 Å². The minimum Gasteiger partial charge on any atom is -0.392 e. The standard InChI is InChI=1S/C72H144N2O7S2/c1-5-9-13-17-21-25-29-33-37-41-45-49-53-66(75)62-73(63-67(76)54-50-46-42-38-34-30-26-22-18-14-10-6-2)57-59-82-71(80)61-70(79)72(81)83-60-58-74(64-68(77)55-51-47-43-39-35-31-27-23-19-15-11-7-3)65-69(78)56-52-48-44-40-36-32-28-24-20-16-12-8-4/h66-70,75-79H,5-65H2,1-4H3. The highest BCUT2D eigenvalue weighted by Crippen LogP contribution is 2.21. The average Bonchev–Trinajstić information content (AvgIpc) is 3.49. The van der Waals surface area contributed by atoms with Crippen molar-refractivity contribution < 1.29 is 35.1 Å². The van der Waals surface area contributed by atoms with Gasteiger partial charge in [-0.05, 0) is 25.7 Å². The van der Waals surface area contributed by atoms with E-state index >= 15 is 0 Å². The maximum atomic E-state index is 13.2. The van der Waals surface area contributed by atoms with Crippen molar-refractivity contribution in [3.8, 4) is 0 Å². The third-order valence-corrected chi connectivity index (χ3v) is 19.2. The summed E-state index contributed by atoms with van der Waals surface area (Å²) in [6.45, 7) is 11.9. The van der Waals surface area contributed by atoms with Crippen LogP contribution in [0.1, 0.15) is 368 Å². The van der Waals surface area contributed by atoms with E-state index in [0.717, 1.165) is 101 Å². The molecule has 0 radical (unpaired) electrons. The molecular formula is C72H144N2O7S2. The molecule has 9 nitrogen and oxygen atoms in total. The molecule has 0 fully saturated rings. The Morgan fingerprint density at radius 3 is 0.699 bits per heavy atom. The van der Waals surface area contributed by atoms with E-state index in [-0.39, 0.29) is 11.5 Å². The number of hydrogen-bond acceptors (Lipinski definition) is 11. The molecule has 496 valence electrons. The smallest absolute Gasteiger partial charge is 0.217 e. The van der Waals surface area contributed by atoms with E-state index in [2.05, 4.69) is 37.5 Å². The molecule has 83 heavy (non-hydrogen) atoms. The van der Waals surface area contributed by atoms with Gasteiger partial charge >= 0.3 is 0 Å². The topological polar surface area (TPSA) is 142 Å². The summed E-state index contributed by atoms with van der Waals surface area (Å²) in [6, 6.07) is 0. The van der Waals surface area contributed by atoms with Crippen LogP contribution < -0.4 is 0 Å². The molecule has 0 saturated carbocycles.